The van der Waals surface area contributed by atoms with Crippen molar-refractivity contribution in [1.29, 1.82) is 5.26 Å². The Kier molecular flexibility index (Phi) is 5.03. The van der Waals surface area contributed by atoms with Crippen LogP contribution in [0.5, 0.6) is 0 Å². The molecular weight excluding hydrogens is 348 g/mol. The lowest BCUT2D eigenvalue weighted by Crippen LogP contribution is -2.22. The first kappa shape index (κ1) is 18.4. The maximum atomic E-state index is 12.1. The summed E-state index contributed by atoms with van der Waals surface area (Å²) in [6, 6.07) is 7.33. The maximum Gasteiger partial charge on any atom is 0.337 e. The van der Waals surface area contributed by atoms with Gasteiger partial charge in [0.2, 0.25) is 0 Å². The van der Waals surface area contributed by atoms with E-state index in [9.17, 15) is 15.2 Å². The summed E-state index contributed by atoms with van der Waals surface area (Å²) in [5, 5.41) is 31.4. The number of aromatic carboxylic acids is 1. The number of benzene rings is 1. The third-order valence-corrected chi connectivity index (χ3v) is 6.13. The molecule has 0 fully saturated rings. The second-order valence-corrected chi connectivity index (χ2v) is 8.48. The first-order valence-electron chi connectivity index (χ1n) is 8.63. The van der Waals surface area contributed by atoms with E-state index in [1.807, 2.05) is 0 Å². The van der Waals surface area contributed by atoms with Crippen molar-refractivity contribution in [3.63, 3.8) is 0 Å². The average molecular weight is 370 g/mol. The highest BCUT2D eigenvalue weighted by molar-refractivity contribution is 7.16. The van der Waals surface area contributed by atoms with Crippen molar-refractivity contribution in [3.8, 4) is 16.5 Å². The number of nitriles is 1. The first-order chi connectivity index (χ1) is 12.4. The van der Waals surface area contributed by atoms with Gasteiger partial charge in [-0.2, -0.15) is 5.26 Å². The molecule has 0 saturated carbocycles. The van der Waals surface area contributed by atoms with Gasteiger partial charge >= 0.3 is 5.97 Å². The van der Waals surface area contributed by atoms with Crippen molar-refractivity contribution in [2.45, 2.75) is 33.1 Å². The normalized spacial score (nSPS) is 15.2. The number of rotatable bonds is 5. The fraction of sp³-hybridized carbons (Fsp3) is 0.400. The van der Waals surface area contributed by atoms with Crippen molar-refractivity contribution in [2.75, 3.05) is 18.5 Å². The Bertz CT molecular complexity index is 893. The van der Waals surface area contributed by atoms with Crippen LogP contribution in [0.2, 0.25) is 0 Å². The van der Waals surface area contributed by atoms with E-state index in [-0.39, 0.29) is 12.0 Å². The minimum Gasteiger partial charge on any atom is -0.478 e. The summed E-state index contributed by atoms with van der Waals surface area (Å²) in [6.45, 7) is 4.67. The number of carboxylic acid groups (broad SMARTS) is 1. The van der Waals surface area contributed by atoms with Crippen molar-refractivity contribution >= 4 is 23.0 Å². The minimum atomic E-state index is -0.925. The largest absolute Gasteiger partial charge is 0.478 e. The standard InChI is InChI=1S/C20H22N2O3S/c1-20(2)6-5-16-14(10-20)17(19(24)25)18(26-16)13-9-12(11-21)3-4-15(13)22-7-8-23/h3-4,9,22-23H,5-8,10H2,1-2H3,(H,24,25). The van der Waals surface area contributed by atoms with E-state index in [0.29, 0.717) is 28.1 Å². The quantitative estimate of drug-likeness (QED) is 0.742. The van der Waals surface area contributed by atoms with Gasteiger partial charge in [0.25, 0.3) is 0 Å². The molecule has 0 saturated heterocycles. The minimum absolute atomic E-state index is 0.0274. The number of fused-ring (bicyclic) bond motifs is 1. The molecule has 1 aromatic heterocycles. The molecule has 0 bridgehead atoms. The summed E-state index contributed by atoms with van der Waals surface area (Å²) in [5.41, 5.74) is 3.31. The zero-order valence-corrected chi connectivity index (χ0v) is 15.7. The van der Waals surface area contributed by atoms with E-state index >= 15 is 0 Å². The molecule has 3 rings (SSSR count). The molecule has 0 aliphatic heterocycles. The molecule has 1 aromatic carbocycles. The van der Waals surface area contributed by atoms with Gasteiger partial charge in [-0.15, -0.1) is 11.3 Å². The third kappa shape index (κ3) is 3.46. The number of anilines is 1. The monoisotopic (exact) mass is 370 g/mol. The molecule has 0 atom stereocenters. The second-order valence-electron chi connectivity index (χ2n) is 7.38. The number of aliphatic hydroxyl groups excluding tert-OH is 1. The molecule has 0 amide bonds. The highest BCUT2D eigenvalue weighted by Gasteiger charge is 2.33. The first-order valence-corrected chi connectivity index (χ1v) is 9.45. The van der Waals surface area contributed by atoms with Crippen molar-refractivity contribution in [3.05, 3.63) is 39.8 Å². The lowest BCUT2D eigenvalue weighted by Gasteiger charge is -2.29. The van der Waals surface area contributed by atoms with Crippen molar-refractivity contribution in [1.82, 2.24) is 0 Å². The fourth-order valence-corrected chi connectivity index (χ4v) is 4.82. The van der Waals surface area contributed by atoms with Crippen LogP contribution in [-0.4, -0.2) is 29.3 Å². The van der Waals surface area contributed by atoms with Crippen LogP contribution >= 0.6 is 11.3 Å². The highest BCUT2D eigenvalue weighted by atomic mass is 32.1. The average Bonchev–Trinajstić information content (AvgIpc) is 2.97. The number of hydrogen-bond acceptors (Lipinski definition) is 5. The summed E-state index contributed by atoms with van der Waals surface area (Å²) in [5.74, 6) is -0.925. The van der Waals surface area contributed by atoms with Gasteiger partial charge in [0, 0.05) is 22.7 Å². The highest BCUT2D eigenvalue weighted by Crippen LogP contribution is 2.46. The molecule has 2 aromatic rings. The Morgan fingerprint density at radius 3 is 2.85 bits per heavy atom. The lowest BCUT2D eigenvalue weighted by molar-refractivity contribution is 0.0696. The van der Waals surface area contributed by atoms with Gasteiger partial charge in [-0.3, -0.25) is 0 Å². The third-order valence-electron chi connectivity index (χ3n) is 4.81. The van der Waals surface area contributed by atoms with E-state index in [0.717, 1.165) is 35.4 Å². The van der Waals surface area contributed by atoms with Crippen LogP contribution in [0.15, 0.2) is 18.2 Å². The van der Waals surface area contributed by atoms with Crippen LogP contribution in [0.3, 0.4) is 0 Å². The van der Waals surface area contributed by atoms with Crippen LogP contribution in [0.4, 0.5) is 5.69 Å². The van der Waals surface area contributed by atoms with Crippen LogP contribution < -0.4 is 5.32 Å². The van der Waals surface area contributed by atoms with Gasteiger partial charge in [-0.25, -0.2) is 4.79 Å². The fourth-order valence-electron chi connectivity index (χ4n) is 3.48. The Morgan fingerprint density at radius 1 is 1.42 bits per heavy atom. The van der Waals surface area contributed by atoms with Crippen LogP contribution in [0.1, 0.15) is 46.6 Å². The summed E-state index contributed by atoms with van der Waals surface area (Å²) >= 11 is 1.52. The molecule has 1 aliphatic carbocycles. The van der Waals surface area contributed by atoms with Gasteiger partial charge < -0.3 is 15.5 Å². The number of thiophene rings is 1. The SMILES string of the molecule is CC1(C)CCc2sc(-c3cc(C#N)ccc3NCCO)c(C(=O)O)c2C1. The van der Waals surface area contributed by atoms with E-state index < -0.39 is 5.97 Å². The van der Waals surface area contributed by atoms with E-state index in [1.165, 1.54) is 11.3 Å². The number of carbonyl (C=O) groups is 1. The van der Waals surface area contributed by atoms with Gasteiger partial charge in [0.05, 0.1) is 28.7 Å². The molecule has 0 unspecified atom stereocenters. The lowest BCUT2D eigenvalue weighted by atomic mass is 9.76. The topological polar surface area (TPSA) is 93.4 Å². The molecule has 136 valence electrons. The van der Waals surface area contributed by atoms with E-state index in [1.54, 1.807) is 18.2 Å². The second kappa shape index (κ2) is 7.10. The molecule has 1 aliphatic rings. The zero-order valence-electron chi connectivity index (χ0n) is 14.9. The smallest absolute Gasteiger partial charge is 0.337 e. The number of aryl methyl sites for hydroxylation is 1. The maximum absolute atomic E-state index is 12.1. The van der Waals surface area contributed by atoms with E-state index in [4.69, 9.17) is 5.11 Å². The van der Waals surface area contributed by atoms with Gasteiger partial charge in [0.1, 0.15) is 0 Å². The molecule has 0 spiro atoms. The Morgan fingerprint density at radius 2 is 2.19 bits per heavy atom. The number of carboxylic acids is 1. The van der Waals surface area contributed by atoms with Crippen LogP contribution in [-0.2, 0) is 12.8 Å². The van der Waals surface area contributed by atoms with Crippen molar-refractivity contribution < 1.29 is 15.0 Å². The summed E-state index contributed by atoms with van der Waals surface area (Å²) in [7, 11) is 0. The number of nitrogens with one attached hydrogen (secondary N) is 1. The van der Waals surface area contributed by atoms with E-state index in [2.05, 4.69) is 25.2 Å². The summed E-state index contributed by atoms with van der Waals surface area (Å²) in [6.07, 6.45) is 2.66. The van der Waals surface area contributed by atoms with Gasteiger partial charge in [-0.1, -0.05) is 13.8 Å². The molecule has 6 heteroatoms. The molecule has 0 radical (unpaired) electrons. The zero-order chi connectivity index (χ0) is 18.9. The number of nitrogens with zero attached hydrogens (tertiary/aromatic N) is 1. The van der Waals surface area contributed by atoms with Gasteiger partial charge in [-0.05, 0) is 48.4 Å². The van der Waals surface area contributed by atoms with Crippen LogP contribution in [0.25, 0.3) is 10.4 Å². The number of hydrogen-bond donors (Lipinski definition) is 3. The molecular formula is C20H22N2O3S. The Balaban J connectivity index is 2.20. The number of aliphatic hydroxyl groups is 1. The predicted molar refractivity (Wildman–Crippen MR) is 103 cm³/mol. The van der Waals surface area contributed by atoms with Crippen LogP contribution in [0, 0.1) is 16.7 Å². The van der Waals surface area contributed by atoms with Crippen molar-refractivity contribution in [2.24, 2.45) is 5.41 Å². The molecule has 26 heavy (non-hydrogen) atoms. The molecule has 3 N–H and O–H groups in total. The Labute approximate surface area is 156 Å². The summed E-state index contributed by atoms with van der Waals surface area (Å²) < 4.78 is 0. The predicted octanol–water partition coefficient (Wildman–Crippen LogP) is 3.90. The summed E-state index contributed by atoms with van der Waals surface area (Å²) in [4.78, 5) is 13.9. The molecule has 5 nitrogen and oxygen atoms in total. The molecule has 1 heterocycles. The van der Waals surface area contributed by atoms with Gasteiger partial charge in [0.15, 0.2) is 0 Å². The Hall–Kier alpha value is -2.36.